The summed E-state index contributed by atoms with van der Waals surface area (Å²) < 4.78 is 0. The van der Waals surface area contributed by atoms with Crippen LogP contribution < -0.4 is 16.0 Å². The van der Waals surface area contributed by atoms with Crippen LogP contribution in [0.15, 0.2) is 36.4 Å². The highest BCUT2D eigenvalue weighted by Gasteiger charge is 2.30. The first-order chi connectivity index (χ1) is 14.6. The Balaban J connectivity index is 1.38. The van der Waals surface area contributed by atoms with E-state index in [4.69, 9.17) is 0 Å². The van der Waals surface area contributed by atoms with E-state index in [2.05, 4.69) is 16.0 Å². The number of rotatable bonds is 7. The van der Waals surface area contributed by atoms with Crippen molar-refractivity contribution in [2.24, 2.45) is 11.8 Å². The normalized spacial score (nSPS) is 16.8. The molecule has 0 radical (unpaired) electrons. The second-order valence-corrected chi connectivity index (χ2v) is 8.39. The zero-order valence-electron chi connectivity index (χ0n) is 17.2. The molecule has 30 heavy (non-hydrogen) atoms. The lowest BCUT2D eigenvalue weighted by atomic mass is 9.89. The van der Waals surface area contributed by atoms with Crippen LogP contribution in [-0.4, -0.2) is 30.8 Å². The molecule has 0 heterocycles. The number of fused-ring (bicyclic) bond motifs is 1. The van der Waals surface area contributed by atoms with Crippen LogP contribution >= 0.6 is 0 Å². The van der Waals surface area contributed by atoms with E-state index in [0.29, 0.717) is 24.3 Å². The van der Waals surface area contributed by atoms with Crippen molar-refractivity contribution in [3.8, 4) is 0 Å². The standard InChI is InChI=1S/C24H29N3O3/c28-22(16-6-2-1-3-7-16)25-12-13-26-24(30)20-14-18-8-4-5-9-19(18)15-21(20)27-23(29)17-10-11-17/h4-5,8-9,14-17H,1-3,6-7,10-13H2,(H,25,28)(H,26,30)(H,27,29). The van der Waals surface area contributed by atoms with Gasteiger partial charge in [0.15, 0.2) is 0 Å². The molecule has 0 aliphatic heterocycles. The fourth-order valence-electron chi connectivity index (χ4n) is 4.08. The van der Waals surface area contributed by atoms with Crippen LogP contribution in [0.25, 0.3) is 10.8 Å². The maximum Gasteiger partial charge on any atom is 0.253 e. The molecule has 6 heteroatoms. The lowest BCUT2D eigenvalue weighted by Gasteiger charge is -2.20. The first kappa shape index (κ1) is 20.4. The van der Waals surface area contributed by atoms with Gasteiger partial charge in [-0.15, -0.1) is 0 Å². The smallest absolute Gasteiger partial charge is 0.253 e. The molecule has 0 unspecified atom stereocenters. The topological polar surface area (TPSA) is 87.3 Å². The van der Waals surface area contributed by atoms with Crippen molar-refractivity contribution in [3.05, 3.63) is 42.0 Å². The third kappa shape index (κ3) is 4.99. The SMILES string of the molecule is O=C(NCCNC(=O)C1CCCCC1)c1cc2ccccc2cc1NC(=O)C1CC1. The third-order valence-corrected chi connectivity index (χ3v) is 6.02. The van der Waals surface area contributed by atoms with Crippen LogP contribution in [0.2, 0.25) is 0 Å². The number of hydrogen-bond donors (Lipinski definition) is 3. The minimum atomic E-state index is -0.251. The molecule has 0 aromatic heterocycles. The van der Waals surface area contributed by atoms with Crippen LogP contribution in [0, 0.1) is 11.8 Å². The Morgan fingerprint density at radius 1 is 0.767 bits per heavy atom. The van der Waals surface area contributed by atoms with Gasteiger partial charge in [-0.1, -0.05) is 43.5 Å². The van der Waals surface area contributed by atoms with Gasteiger partial charge in [0.25, 0.3) is 5.91 Å². The van der Waals surface area contributed by atoms with Crippen LogP contribution in [0.1, 0.15) is 55.3 Å². The molecule has 2 aliphatic rings. The van der Waals surface area contributed by atoms with Gasteiger partial charge < -0.3 is 16.0 Å². The van der Waals surface area contributed by atoms with Crippen LogP contribution in [0.3, 0.4) is 0 Å². The molecular weight excluding hydrogens is 378 g/mol. The first-order valence-corrected chi connectivity index (χ1v) is 11.0. The number of nitrogens with one attached hydrogen (secondary N) is 3. The van der Waals surface area contributed by atoms with E-state index in [-0.39, 0.29) is 29.6 Å². The van der Waals surface area contributed by atoms with Crippen molar-refractivity contribution in [3.63, 3.8) is 0 Å². The summed E-state index contributed by atoms with van der Waals surface area (Å²) in [5.41, 5.74) is 0.982. The number of amides is 3. The van der Waals surface area contributed by atoms with E-state index >= 15 is 0 Å². The molecule has 2 aliphatic carbocycles. The maximum absolute atomic E-state index is 12.8. The molecule has 6 nitrogen and oxygen atoms in total. The van der Waals surface area contributed by atoms with E-state index in [9.17, 15) is 14.4 Å². The number of benzene rings is 2. The van der Waals surface area contributed by atoms with Gasteiger partial charge in [0, 0.05) is 24.9 Å². The Kier molecular flexibility index (Phi) is 6.31. The average Bonchev–Trinajstić information content (AvgIpc) is 3.62. The summed E-state index contributed by atoms with van der Waals surface area (Å²) in [6, 6.07) is 11.4. The molecular formula is C24H29N3O3. The second-order valence-electron chi connectivity index (χ2n) is 8.39. The molecule has 0 saturated heterocycles. The summed E-state index contributed by atoms with van der Waals surface area (Å²) in [4.78, 5) is 37.4. The van der Waals surface area contributed by atoms with Gasteiger partial charge in [0.05, 0.1) is 11.3 Å². The van der Waals surface area contributed by atoms with Gasteiger partial charge >= 0.3 is 0 Å². The monoisotopic (exact) mass is 407 g/mol. The van der Waals surface area contributed by atoms with Crippen LogP contribution in [-0.2, 0) is 9.59 Å². The molecule has 2 aromatic rings. The van der Waals surface area contributed by atoms with E-state index in [1.165, 1.54) is 6.42 Å². The summed E-state index contributed by atoms with van der Waals surface area (Å²) in [6.07, 6.45) is 7.17. The Morgan fingerprint density at radius 2 is 1.40 bits per heavy atom. The van der Waals surface area contributed by atoms with Crippen molar-refractivity contribution >= 4 is 34.2 Å². The summed E-state index contributed by atoms with van der Waals surface area (Å²) >= 11 is 0. The van der Waals surface area contributed by atoms with E-state index in [0.717, 1.165) is 49.3 Å². The highest BCUT2D eigenvalue weighted by molar-refractivity contribution is 6.08. The third-order valence-electron chi connectivity index (χ3n) is 6.02. The molecule has 2 aromatic carbocycles. The van der Waals surface area contributed by atoms with Gasteiger partial charge in [0.1, 0.15) is 0 Å². The fraction of sp³-hybridized carbons (Fsp3) is 0.458. The van der Waals surface area contributed by atoms with Gasteiger partial charge in [-0.05, 0) is 48.6 Å². The predicted molar refractivity (Wildman–Crippen MR) is 117 cm³/mol. The summed E-state index contributed by atoms with van der Waals surface area (Å²) in [5.74, 6) is -0.0218. The largest absolute Gasteiger partial charge is 0.354 e. The van der Waals surface area contributed by atoms with Crippen molar-refractivity contribution in [1.29, 1.82) is 0 Å². The molecule has 2 saturated carbocycles. The zero-order valence-corrected chi connectivity index (χ0v) is 17.2. The summed E-state index contributed by atoms with van der Waals surface area (Å²) in [6.45, 7) is 0.749. The molecule has 0 atom stereocenters. The minimum absolute atomic E-state index is 0.0286. The van der Waals surface area contributed by atoms with Crippen LogP contribution in [0.5, 0.6) is 0 Å². The number of anilines is 1. The predicted octanol–water partition coefficient (Wildman–Crippen LogP) is 3.61. The maximum atomic E-state index is 12.8. The summed E-state index contributed by atoms with van der Waals surface area (Å²) in [7, 11) is 0. The molecule has 2 fully saturated rings. The Morgan fingerprint density at radius 3 is 2.10 bits per heavy atom. The van der Waals surface area contributed by atoms with Gasteiger partial charge in [-0.2, -0.15) is 0 Å². The average molecular weight is 408 g/mol. The van der Waals surface area contributed by atoms with Gasteiger partial charge in [-0.25, -0.2) is 0 Å². The lowest BCUT2D eigenvalue weighted by Crippen LogP contribution is -2.38. The van der Waals surface area contributed by atoms with E-state index < -0.39 is 0 Å². The first-order valence-electron chi connectivity index (χ1n) is 11.0. The number of hydrogen-bond acceptors (Lipinski definition) is 3. The van der Waals surface area contributed by atoms with Crippen molar-refractivity contribution in [1.82, 2.24) is 10.6 Å². The van der Waals surface area contributed by atoms with Crippen molar-refractivity contribution in [2.45, 2.75) is 44.9 Å². The summed E-state index contributed by atoms with van der Waals surface area (Å²) in [5, 5.41) is 10.7. The Labute approximate surface area is 176 Å². The Bertz CT molecular complexity index is 946. The van der Waals surface area contributed by atoms with Gasteiger partial charge in [0.2, 0.25) is 11.8 Å². The molecule has 4 rings (SSSR count). The quantitative estimate of drug-likeness (QED) is 0.613. The fourth-order valence-corrected chi connectivity index (χ4v) is 4.08. The van der Waals surface area contributed by atoms with Crippen molar-refractivity contribution in [2.75, 3.05) is 18.4 Å². The number of carbonyl (C=O) groups is 3. The van der Waals surface area contributed by atoms with Gasteiger partial charge in [-0.3, -0.25) is 14.4 Å². The van der Waals surface area contributed by atoms with Crippen LogP contribution in [0.4, 0.5) is 5.69 Å². The Hall–Kier alpha value is -2.89. The molecule has 0 spiro atoms. The minimum Gasteiger partial charge on any atom is -0.354 e. The molecule has 0 bridgehead atoms. The molecule has 158 valence electrons. The molecule has 3 amide bonds. The van der Waals surface area contributed by atoms with Crippen molar-refractivity contribution < 1.29 is 14.4 Å². The number of carbonyl (C=O) groups excluding carboxylic acids is 3. The molecule has 3 N–H and O–H groups in total. The lowest BCUT2D eigenvalue weighted by molar-refractivity contribution is -0.125. The highest BCUT2D eigenvalue weighted by atomic mass is 16.2. The van der Waals surface area contributed by atoms with E-state index in [1.54, 1.807) is 0 Å². The zero-order chi connectivity index (χ0) is 20.9. The van der Waals surface area contributed by atoms with E-state index in [1.807, 2.05) is 36.4 Å². The highest BCUT2D eigenvalue weighted by Crippen LogP contribution is 2.32. The second kappa shape index (κ2) is 9.28.